The van der Waals surface area contributed by atoms with Gasteiger partial charge in [0.05, 0.1) is 6.54 Å². The zero-order valence-electron chi connectivity index (χ0n) is 13.9. The fourth-order valence-electron chi connectivity index (χ4n) is 3.20. The summed E-state index contributed by atoms with van der Waals surface area (Å²) in [6.07, 6.45) is 4.26. The number of aryl methyl sites for hydroxylation is 1. The Morgan fingerprint density at radius 2 is 1.95 bits per heavy atom. The molecular weight excluding hydrogens is 276 g/mol. The maximum absolute atomic E-state index is 12.3. The van der Waals surface area contributed by atoms with Gasteiger partial charge in [-0.05, 0) is 69.7 Å². The lowest BCUT2D eigenvalue weighted by Crippen LogP contribution is -2.40. The molecule has 2 rings (SSSR count). The minimum atomic E-state index is 0.0421. The number of likely N-dealkylation sites (N-methyl/N-ethyl adjacent to an activating group) is 1. The molecule has 2 N–H and O–H groups in total. The molecule has 0 saturated heterocycles. The number of amides is 1. The van der Waals surface area contributed by atoms with Crippen molar-refractivity contribution in [2.24, 2.45) is 5.92 Å². The predicted molar refractivity (Wildman–Crippen MR) is 90.0 cm³/mol. The van der Waals surface area contributed by atoms with Crippen LogP contribution >= 0.6 is 0 Å². The molecule has 0 heterocycles. The number of anilines is 1. The van der Waals surface area contributed by atoms with E-state index < -0.39 is 0 Å². The van der Waals surface area contributed by atoms with Gasteiger partial charge in [0.25, 0.3) is 0 Å². The van der Waals surface area contributed by atoms with Crippen LogP contribution in [0.5, 0.6) is 0 Å². The van der Waals surface area contributed by atoms with E-state index in [0.29, 0.717) is 25.1 Å². The van der Waals surface area contributed by atoms with Crippen LogP contribution in [0.3, 0.4) is 0 Å². The largest absolute Gasteiger partial charge is 0.396 e. The number of hydrogen-bond donors (Lipinski definition) is 2. The van der Waals surface area contributed by atoms with Crippen LogP contribution in [0.25, 0.3) is 0 Å². The number of nitrogens with one attached hydrogen (secondary N) is 1. The Labute approximate surface area is 133 Å². The second-order valence-electron chi connectivity index (χ2n) is 6.57. The molecule has 0 unspecified atom stereocenters. The number of carbonyl (C=O) groups excluding carboxylic acids is 1. The van der Waals surface area contributed by atoms with Gasteiger partial charge in [0, 0.05) is 18.3 Å². The van der Waals surface area contributed by atoms with Crippen molar-refractivity contribution in [2.75, 3.05) is 25.5 Å². The molecule has 1 aliphatic rings. The highest BCUT2D eigenvalue weighted by molar-refractivity contribution is 5.93. The predicted octanol–water partition coefficient (Wildman–Crippen LogP) is 2.72. The lowest BCUT2D eigenvalue weighted by atomic mass is 9.86. The number of rotatable bonds is 5. The highest BCUT2D eigenvalue weighted by Gasteiger charge is 2.24. The molecule has 0 spiro atoms. The summed E-state index contributed by atoms with van der Waals surface area (Å²) in [6.45, 7) is 4.80. The van der Waals surface area contributed by atoms with Crippen molar-refractivity contribution in [3.63, 3.8) is 0 Å². The maximum atomic E-state index is 12.3. The van der Waals surface area contributed by atoms with Crippen LogP contribution < -0.4 is 5.32 Å². The number of nitrogens with zero attached hydrogens (tertiary/aromatic N) is 1. The maximum Gasteiger partial charge on any atom is 0.238 e. The van der Waals surface area contributed by atoms with Crippen molar-refractivity contribution in [3.05, 3.63) is 29.3 Å². The summed E-state index contributed by atoms with van der Waals surface area (Å²) in [4.78, 5) is 14.4. The molecule has 4 nitrogen and oxygen atoms in total. The molecule has 0 atom stereocenters. The van der Waals surface area contributed by atoms with Crippen molar-refractivity contribution in [1.29, 1.82) is 0 Å². The first-order valence-electron chi connectivity index (χ1n) is 8.18. The molecule has 0 bridgehead atoms. The number of aliphatic hydroxyl groups excluding tert-OH is 1. The topological polar surface area (TPSA) is 52.6 Å². The minimum Gasteiger partial charge on any atom is -0.396 e. The Hall–Kier alpha value is -1.39. The minimum absolute atomic E-state index is 0.0421. The first kappa shape index (κ1) is 17.0. The summed E-state index contributed by atoms with van der Waals surface area (Å²) >= 11 is 0. The van der Waals surface area contributed by atoms with Gasteiger partial charge in [0.2, 0.25) is 5.91 Å². The van der Waals surface area contributed by atoms with Crippen LogP contribution in [0.4, 0.5) is 5.69 Å². The number of aliphatic hydroxyl groups is 1. The molecule has 1 amide bonds. The van der Waals surface area contributed by atoms with Gasteiger partial charge < -0.3 is 10.4 Å². The van der Waals surface area contributed by atoms with Crippen molar-refractivity contribution in [2.45, 2.75) is 45.6 Å². The lowest BCUT2D eigenvalue weighted by Gasteiger charge is -2.33. The fourth-order valence-corrected chi connectivity index (χ4v) is 3.20. The summed E-state index contributed by atoms with van der Waals surface area (Å²) in [6, 6.07) is 6.42. The van der Waals surface area contributed by atoms with Gasteiger partial charge in [-0.1, -0.05) is 12.1 Å². The SMILES string of the molecule is Cc1cccc(NC(=O)CN(C)C2CCC(CO)CC2)c1C. The quantitative estimate of drug-likeness (QED) is 0.879. The molecule has 0 radical (unpaired) electrons. The van der Waals surface area contributed by atoms with E-state index >= 15 is 0 Å². The third-order valence-electron chi connectivity index (χ3n) is 4.97. The normalized spacial score (nSPS) is 21.9. The molecule has 122 valence electrons. The van der Waals surface area contributed by atoms with Crippen LogP contribution in [0.2, 0.25) is 0 Å². The second kappa shape index (κ2) is 7.75. The number of hydrogen-bond acceptors (Lipinski definition) is 3. The molecule has 1 saturated carbocycles. The van der Waals surface area contributed by atoms with Gasteiger partial charge in [0.15, 0.2) is 0 Å². The van der Waals surface area contributed by atoms with Gasteiger partial charge in [-0.25, -0.2) is 0 Å². The second-order valence-corrected chi connectivity index (χ2v) is 6.57. The summed E-state index contributed by atoms with van der Waals surface area (Å²) < 4.78 is 0. The average molecular weight is 304 g/mol. The Morgan fingerprint density at radius 1 is 1.27 bits per heavy atom. The van der Waals surface area contributed by atoms with Gasteiger partial charge in [-0.2, -0.15) is 0 Å². The molecule has 4 heteroatoms. The van der Waals surface area contributed by atoms with Gasteiger partial charge >= 0.3 is 0 Å². The standard InChI is InChI=1S/C18H28N2O2/c1-13-5-4-6-17(14(13)2)19-18(22)11-20(3)16-9-7-15(12-21)8-10-16/h4-6,15-16,21H,7-12H2,1-3H3,(H,19,22). The molecule has 1 fully saturated rings. The summed E-state index contributed by atoms with van der Waals surface area (Å²) in [5.74, 6) is 0.494. The molecule has 22 heavy (non-hydrogen) atoms. The lowest BCUT2D eigenvalue weighted by molar-refractivity contribution is -0.117. The average Bonchev–Trinajstić information content (AvgIpc) is 2.52. The number of carbonyl (C=O) groups is 1. The smallest absolute Gasteiger partial charge is 0.238 e. The summed E-state index contributed by atoms with van der Waals surface area (Å²) in [5, 5.41) is 12.2. The first-order chi connectivity index (χ1) is 10.5. The Balaban J connectivity index is 1.85. The number of benzene rings is 1. The zero-order chi connectivity index (χ0) is 16.1. The van der Waals surface area contributed by atoms with Crippen molar-refractivity contribution < 1.29 is 9.90 Å². The molecule has 1 aliphatic carbocycles. The first-order valence-corrected chi connectivity index (χ1v) is 8.18. The van der Waals surface area contributed by atoms with E-state index in [4.69, 9.17) is 0 Å². The molecule has 0 aromatic heterocycles. The Morgan fingerprint density at radius 3 is 2.59 bits per heavy atom. The molecule has 0 aliphatic heterocycles. The van der Waals surface area contributed by atoms with Crippen molar-refractivity contribution in [1.82, 2.24) is 4.90 Å². The highest BCUT2D eigenvalue weighted by Crippen LogP contribution is 2.26. The Kier molecular flexibility index (Phi) is 5.98. The van der Waals surface area contributed by atoms with Crippen LogP contribution in [0, 0.1) is 19.8 Å². The van der Waals surface area contributed by atoms with Gasteiger partial charge in [-0.3, -0.25) is 9.69 Å². The molecular formula is C18H28N2O2. The zero-order valence-corrected chi connectivity index (χ0v) is 13.9. The van der Waals surface area contributed by atoms with Crippen molar-refractivity contribution in [3.8, 4) is 0 Å². The van der Waals surface area contributed by atoms with E-state index in [-0.39, 0.29) is 5.91 Å². The Bertz CT molecular complexity index is 508. The van der Waals surface area contributed by atoms with E-state index in [9.17, 15) is 9.90 Å². The molecule has 1 aromatic rings. The van der Waals surface area contributed by atoms with E-state index in [1.165, 1.54) is 5.56 Å². The summed E-state index contributed by atoms with van der Waals surface area (Å²) in [5.41, 5.74) is 3.22. The van der Waals surface area contributed by atoms with Crippen LogP contribution in [-0.4, -0.2) is 42.2 Å². The van der Waals surface area contributed by atoms with Gasteiger partial charge in [0.1, 0.15) is 0 Å². The monoisotopic (exact) mass is 304 g/mol. The third-order valence-corrected chi connectivity index (χ3v) is 4.97. The fraction of sp³-hybridized carbons (Fsp3) is 0.611. The van der Waals surface area contributed by atoms with E-state index in [2.05, 4.69) is 23.2 Å². The highest BCUT2D eigenvalue weighted by atomic mass is 16.3. The van der Waals surface area contributed by atoms with Gasteiger partial charge in [-0.15, -0.1) is 0 Å². The van der Waals surface area contributed by atoms with E-state index in [1.807, 2.05) is 26.1 Å². The van der Waals surface area contributed by atoms with Crippen LogP contribution in [0.1, 0.15) is 36.8 Å². The van der Waals surface area contributed by atoms with Crippen molar-refractivity contribution >= 4 is 11.6 Å². The van der Waals surface area contributed by atoms with E-state index in [0.717, 1.165) is 36.9 Å². The molecule has 1 aromatic carbocycles. The van der Waals surface area contributed by atoms with Crippen LogP contribution in [-0.2, 0) is 4.79 Å². The third kappa shape index (κ3) is 4.31. The van der Waals surface area contributed by atoms with Crippen LogP contribution in [0.15, 0.2) is 18.2 Å². The summed E-state index contributed by atoms with van der Waals surface area (Å²) in [7, 11) is 2.02. The van der Waals surface area contributed by atoms with E-state index in [1.54, 1.807) is 0 Å².